The monoisotopic (exact) mass is 663 g/mol. The van der Waals surface area contributed by atoms with E-state index in [4.69, 9.17) is 28.4 Å². The number of sulfonamides is 1. The third kappa shape index (κ3) is 8.20. The molecule has 3 heterocycles. The molecule has 2 aromatic rings. The van der Waals surface area contributed by atoms with E-state index in [2.05, 4.69) is 10.6 Å². The smallest absolute Gasteiger partial charge is 0.407 e. The lowest BCUT2D eigenvalue weighted by atomic mass is 10.0. The molecule has 252 valence electrons. The molecule has 0 radical (unpaired) electrons. The lowest BCUT2D eigenvalue weighted by molar-refractivity contribution is -0.122. The fraction of sp³-hybridized carbons (Fsp3) is 0.548. The van der Waals surface area contributed by atoms with Crippen LogP contribution >= 0.6 is 0 Å². The van der Waals surface area contributed by atoms with Gasteiger partial charge in [0.15, 0.2) is 24.4 Å². The number of aliphatic hydroxyl groups excluding tert-OH is 1. The Morgan fingerprint density at radius 3 is 2.57 bits per heavy atom. The Bertz CT molecular complexity index is 1470. The van der Waals surface area contributed by atoms with E-state index >= 15 is 0 Å². The first-order valence-electron chi connectivity index (χ1n) is 15.2. The molecule has 46 heavy (non-hydrogen) atoms. The molecule has 0 aromatic heterocycles. The van der Waals surface area contributed by atoms with Gasteiger partial charge in [-0.05, 0) is 48.6 Å². The van der Waals surface area contributed by atoms with Crippen LogP contribution < -0.4 is 24.8 Å². The number of fused-ring (bicyclic) bond motifs is 2. The molecule has 3 N–H and O–H groups in total. The minimum atomic E-state index is -4.08. The van der Waals surface area contributed by atoms with Gasteiger partial charge in [-0.15, -0.1) is 0 Å². The van der Waals surface area contributed by atoms with Crippen LogP contribution in [0.15, 0.2) is 47.4 Å². The van der Waals surface area contributed by atoms with Crippen molar-refractivity contribution in [2.24, 2.45) is 11.8 Å². The van der Waals surface area contributed by atoms with Crippen LogP contribution in [-0.2, 0) is 35.4 Å². The number of amides is 2. The fourth-order valence-electron chi connectivity index (χ4n) is 5.55. The summed E-state index contributed by atoms with van der Waals surface area (Å²) in [5.41, 5.74) is 0.721. The second kappa shape index (κ2) is 14.9. The Morgan fingerprint density at radius 2 is 1.83 bits per heavy atom. The molecular weight excluding hydrogens is 622 g/mol. The van der Waals surface area contributed by atoms with Gasteiger partial charge in [-0.3, -0.25) is 4.79 Å². The van der Waals surface area contributed by atoms with Crippen molar-refractivity contribution in [2.45, 2.75) is 56.1 Å². The average Bonchev–Trinajstić information content (AvgIpc) is 3.78. The Hall–Kier alpha value is -3.63. The van der Waals surface area contributed by atoms with Gasteiger partial charge in [0.25, 0.3) is 5.91 Å². The number of alkyl carbamates (subject to hydrolysis) is 1. The zero-order valence-electron chi connectivity index (χ0n) is 26.0. The molecule has 2 fully saturated rings. The summed E-state index contributed by atoms with van der Waals surface area (Å²) in [4.78, 5) is 24.7. The van der Waals surface area contributed by atoms with Crippen molar-refractivity contribution in [1.29, 1.82) is 0 Å². The standard InChI is InChI=1S/C31H41N3O11S/c1-19(2)14-34(46(38,39)22-8-9-26-27(13-22)44-18-43-26)15-25(35)24(12-20-4-6-21(7-5-20)41-17-29(36)32-3)33-31(37)45-28-16-42-30-23(28)10-11-40-30/h4-9,13,19,23-25,28,30,35H,10-12,14-18H2,1-3H3,(H,32,36)(H,33,37). The molecule has 2 saturated heterocycles. The minimum Gasteiger partial charge on any atom is -0.484 e. The third-order valence-electron chi connectivity index (χ3n) is 7.98. The number of hydrogen-bond acceptors (Lipinski definition) is 11. The normalized spacial score (nSPS) is 21.6. The van der Waals surface area contributed by atoms with Crippen molar-refractivity contribution >= 4 is 22.0 Å². The number of likely N-dealkylation sites (N-methyl/N-ethyl adjacent to an activating group) is 1. The van der Waals surface area contributed by atoms with Gasteiger partial charge in [-0.25, -0.2) is 13.2 Å². The number of hydrogen-bond donors (Lipinski definition) is 3. The third-order valence-corrected chi connectivity index (χ3v) is 9.81. The second-order valence-electron chi connectivity index (χ2n) is 11.8. The quantitative estimate of drug-likeness (QED) is 0.269. The fourth-order valence-corrected chi connectivity index (χ4v) is 7.19. The summed E-state index contributed by atoms with van der Waals surface area (Å²) < 4.78 is 61.9. The number of benzene rings is 2. The topological polar surface area (TPSA) is 171 Å². The van der Waals surface area contributed by atoms with Gasteiger partial charge in [0.1, 0.15) is 11.9 Å². The molecule has 5 unspecified atom stereocenters. The Labute approximate surface area is 268 Å². The number of carbonyl (C=O) groups excluding carboxylic acids is 2. The summed E-state index contributed by atoms with van der Waals surface area (Å²) in [5.74, 6) is 0.805. The maximum absolute atomic E-state index is 13.8. The average molecular weight is 664 g/mol. The van der Waals surface area contributed by atoms with Crippen LogP contribution in [0.3, 0.4) is 0 Å². The van der Waals surface area contributed by atoms with Crippen molar-refractivity contribution in [2.75, 3.05) is 46.8 Å². The van der Waals surface area contributed by atoms with Crippen LogP contribution in [0.25, 0.3) is 0 Å². The highest BCUT2D eigenvalue weighted by molar-refractivity contribution is 7.89. The predicted octanol–water partition coefficient (Wildman–Crippen LogP) is 1.65. The lowest BCUT2D eigenvalue weighted by Gasteiger charge is -2.31. The van der Waals surface area contributed by atoms with Crippen LogP contribution in [0.2, 0.25) is 0 Å². The summed E-state index contributed by atoms with van der Waals surface area (Å²) in [7, 11) is -2.57. The summed E-state index contributed by atoms with van der Waals surface area (Å²) in [6.07, 6.45) is -2.17. The van der Waals surface area contributed by atoms with Crippen LogP contribution in [0.1, 0.15) is 25.8 Å². The van der Waals surface area contributed by atoms with E-state index in [1.165, 1.54) is 29.6 Å². The Morgan fingerprint density at radius 1 is 1.07 bits per heavy atom. The van der Waals surface area contributed by atoms with Crippen molar-refractivity contribution in [3.8, 4) is 17.2 Å². The number of rotatable bonds is 14. The summed E-state index contributed by atoms with van der Waals surface area (Å²) in [6.45, 7) is 4.13. The zero-order valence-corrected chi connectivity index (χ0v) is 26.9. The van der Waals surface area contributed by atoms with E-state index < -0.39 is 40.7 Å². The molecule has 2 aromatic carbocycles. The van der Waals surface area contributed by atoms with Crippen molar-refractivity contribution in [3.05, 3.63) is 48.0 Å². The first-order valence-corrected chi connectivity index (χ1v) is 16.7. The van der Waals surface area contributed by atoms with Gasteiger partial charge in [0, 0.05) is 26.2 Å². The second-order valence-corrected chi connectivity index (χ2v) is 13.8. The molecule has 0 bridgehead atoms. The Balaban J connectivity index is 1.33. The van der Waals surface area contributed by atoms with E-state index in [9.17, 15) is 23.1 Å². The van der Waals surface area contributed by atoms with Crippen LogP contribution in [0.4, 0.5) is 4.79 Å². The number of aliphatic hydroxyl groups is 1. The van der Waals surface area contributed by atoms with Gasteiger partial charge in [0.2, 0.25) is 16.8 Å². The molecule has 0 aliphatic carbocycles. The van der Waals surface area contributed by atoms with E-state index in [0.29, 0.717) is 30.3 Å². The van der Waals surface area contributed by atoms with Crippen LogP contribution in [0, 0.1) is 11.8 Å². The number of carbonyl (C=O) groups is 2. The summed E-state index contributed by atoms with van der Waals surface area (Å²) >= 11 is 0. The maximum Gasteiger partial charge on any atom is 0.407 e. The molecule has 14 nitrogen and oxygen atoms in total. The molecule has 0 saturated carbocycles. The highest BCUT2D eigenvalue weighted by Gasteiger charge is 2.44. The zero-order chi connectivity index (χ0) is 32.8. The van der Waals surface area contributed by atoms with Crippen LogP contribution in [-0.4, -0.2) is 101 Å². The molecule has 5 rings (SSSR count). The summed E-state index contributed by atoms with van der Waals surface area (Å²) in [6, 6.07) is 10.3. The summed E-state index contributed by atoms with van der Waals surface area (Å²) in [5, 5.41) is 16.8. The Kier molecular flexibility index (Phi) is 10.9. The largest absolute Gasteiger partial charge is 0.484 e. The van der Waals surface area contributed by atoms with Gasteiger partial charge in [0.05, 0.1) is 36.2 Å². The van der Waals surface area contributed by atoms with Gasteiger partial charge < -0.3 is 44.2 Å². The van der Waals surface area contributed by atoms with Crippen LogP contribution in [0.5, 0.6) is 17.2 Å². The molecule has 2 amide bonds. The van der Waals surface area contributed by atoms with E-state index in [0.717, 1.165) is 5.56 Å². The first-order chi connectivity index (χ1) is 22.0. The van der Waals surface area contributed by atoms with E-state index in [1.54, 1.807) is 24.3 Å². The molecule has 5 atom stereocenters. The minimum absolute atomic E-state index is 0.000703. The predicted molar refractivity (Wildman–Crippen MR) is 163 cm³/mol. The molecular formula is C31H41N3O11S. The molecule has 3 aliphatic heterocycles. The van der Waals surface area contributed by atoms with E-state index in [1.807, 2.05) is 13.8 Å². The number of ether oxygens (including phenoxy) is 6. The highest BCUT2D eigenvalue weighted by Crippen LogP contribution is 2.35. The van der Waals surface area contributed by atoms with Gasteiger partial charge in [-0.2, -0.15) is 4.31 Å². The molecule has 15 heteroatoms. The number of nitrogens with zero attached hydrogens (tertiary/aromatic N) is 1. The molecule has 0 spiro atoms. The lowest BCUT2D eigenvalue weighted by Crippen LogP contribution is -2.51. The van der Waals surface area contributed by atoms with Crippen molar-refractivity contribution in [1.82, 2.24) is 14.9 Å². The van der Waals surface area contributed by atoms with E-state index in [-0.39, 0.29) is 62.2 Å². The van der Waals surface area contributed by atoms with Crippen molar-refractivity contribution in [3.63, 3.8) is 0 Å². The number of nitrogens with one attached hydrogen (secondary N) is 2. The maximum atomic E-state index is 13.8. The van der Waals surface area contributed by atoms with Crippen molar-refractivity contribution < 1.29 is 51.5 Å². The van der Waals surface area contributed by atoms with Gasteiger partial charge >= 0.3 is 6.09 Å². The highest BCUT2D eigenvalue weighted by atomic mass is 32.2. The molecule has 3 aliphatic rings. The van der Waals surface area contributed by atoms with Gasteiger partial charge in [-0.1, -0.05) is 26.0 Å². The first kappa shape index (κ1) is 33.7. The SMILES string of the molecule is CNC(=O)COc1ccc(CC(NC(=O)OC2COC3OCCC23)C(O)CN(CC(C)C)S(=O)(=O)c2ccc3c(c2)OCO3)cc1.